The van der Waals surface area contributed by atoms with E-state index in [0.717, 1.165) is 35.4 Å². The maximum absolute atomic E-state index is 13.2. The molecule has 156 valence electrons. The lowest BCUT2D eigenvalue weighted by molar-refractivity contribution is 0.428. The van der Waals surface area contributed by atoms with Crippen molar-refractivity contribution in [1.29, 1.82) is 0 Å². The predicted octanol–water partition coefficient (Wildman–Crippen LogP) is 6.11. The van der Waals surface area contributed by atoms with Crippen LogP contribution in [0.2, 0.25) is 5.02 Å². The molecule has 0 saturated carbocycles. The van der Waals surface area contributed by atoms with Crippen molar-refractivity contribution in [2.45, 2.75) is 36.6 Å². The van der Waals surface area contributed by atoms with Crippen LogP contribution in [0, 0.1) is 5.82 Å². The van der Waals surface area contributed by atoms with Crippen LogP contribution >= 0.6 is 11.6 Å². The standard InChI is InChI=1S/C23H22ClFN2O2S/c1-23(2)14-22(26-21-12-7-15(24)13-19(21)23)18-5-3-4-6-20(18)27-30(28,29)17-10-8-16(25)9-11-17/h3-13,22,26-27H,14H2,1-2H3. The average Bonchev–Trinajstić information content (AvgIpc) is 2.68. The van der Waals surface area contributed by atoms with Crippen LogP contribution < -0.4 is 10.0 Å². The fraction of sp³-hybridized carbons (Fsp3) is 0.217. The van der Waals surface area contributed by atoms with E-state index in [1.165, 1.54) is 12.1 Å². The van der Waals surface area contributed by atoms with Crippen LogP contribution in [0.15, 0.2) is 71.6 Å². The SMILES string of the molecule is CC1(C)CC(c2ccccc2NS(=O)(=O)c2ccc(F)cc2)Nc2ccc(Cl)cc21. The lowest BCUT2D eigenvalue weighted by Gasteiger charge is -2.39. The first-order valence-corrected chi connectivity index (χ1v) is 11.5. The Morgan fingerprint density at radius 2 is 1.77 bits per heavy atom. The smallest absolute Gasteiger partial charge is 0.261 e. The fourth-order valence-corrected chi connectivity index (χ4v) is 5.22. The molecule has 1 aliphatic heterocycles. The van der Waals surface area contributed by atoms with Gasteiger partial charge in [0.05, 0.1) is 16.6 Å². The highest BCUT2D eigenvalue weighted by molar-refractivity contribution is 7.92. The summed E-state index contributed by atoms with van der Waals surface area (Å²) in [4.78, 5) is 0.00984. The van der Waals surface area contributed by atoms with Crippen molar-refractivity contribution in [1.82, 2.24) is 0 Å². The first kappa shape index (κ1) is 20.7. The minimum absolute atomic E-state index is 0.00984. The fourth-order valence-electron chi connectivity index (χ4n) is 3.96. The summed E-state index contributed by atoms with van der Waals surface area (Å²) in [6, 6.07) is 17.8. The van der Waals surface area contributed by atoms with Crippen LogP contribution in [0.1, 0.15) is 37.4 Å². The molecule has 4 nitrogen and oxygen atoms in total. The molecule has 0 bridgehead atoms. The van der Waals surface area contributed by atoms with E-state index in [1.807, 2.05) is 30.3 Å². The number of hydrogen-bond acceptors (Lipinski definition) is 3. The monoisotopic (exact) mass is 444 g/mol. The Morgan fingerprint density at radius 3 is 2.50 bits per heavy atom. The maximum atomic E-state index is 13.2. The number of halogens is 2. The molecular weight excluding hydrogens is 423 g/mol. The summed E-state index contributed by atoms with van der Waals surface area (Å²) in [5, 5.41) is 4.22. The second kappa shape index (κ2) is 7.60. The Labute approximate surface area is 181 Å². The third-order valence-electron chi connectivity index (χ3n) is 5.46. The number of para-hydroxylation sites is 1. The van der Waals surface area contributed by atoms with Crippen molar-refractivity contribution in [3.63, 3.8) is 0 Å². The van der Waals surface area contributed by atoms with Crippen LogP contribution in [0.25, 0.3) is 0 Å². The number of fused-ring (bicyclic) bond motifs is 1. The van der Waals surface area contributed by atoms with Crippen LogP contribution in [0.3, 0.4) is 0 Å². The third-order valence-corrected chi connectivity index (χ3v) is 7.08. The molecule has 1 aliphatic rings. The van der Waals surface area contributed by atoms with Crippen molar-refractivity contribution in [2.24, 2.45) is 0 Å². The van der Waals surface area contributed by atoms with Gasteiger partial charge in [-0.25, -0.2) is 12.8 Å². The molecule has 3 aromatic carbocycles. The molecule has 0 aliphatic carbocycles. The summed E-state index contributed by atoms with van der Waals surface area (Å²) >= 11 is 6.20. The zero-order valence-electron chi connectivity index (χ0n) is 16.6. The zero-order valence-corrected chi connectivity index (χ0v) is 18.2. The van der Waals surface area contributed by atoms with Gasteiger partial charge in [0.2, 0.25) is 0 Å². The normalized spacial score (nSPS) is 17.7. The average molecular weight is 445 g/mol. The van der Waals surface area contributed by atoms with E-state index in [-0.39, 0.29) is 16.4 Å². The predicted molar refractivity (Wildman–Crippen MR) is 119 cm³/mol. The molecular formula is C23H22ClFN2O2S. The van der Waals surface area contributed by atoms with Crippen molar-refractivity contribution in [3.05, 3.63) is 88.7 Å². The molecule has 1 unspecified atom stereocenters. The van der Waals surface area contributed by atoms with E-state index in [2.05, 4.69) is 23.9 Å². The quantitative estimate of drug-likeness (QED) is 0.510. The molecule has 30 heavy (non-hydrogen) atoms. The van der Waals surface area contributed by atoms with E-state index in [0.29, 0.717) is 10.7 Å². The summed E-state index contributed by atoms with van der Waals surface area (Å²) in [5.41, 5.74) is 3.30. The third kappa shape index (κ3) is 4.02. The first-order valence-electron chi connectivity index (χ1n) is 9.60. The Morgan fingerprint density at radius 1 is 1.07 bits per heavy atom. The van der Waals surface area contributed by atoms with Gasteiger partial charge in [-0.1, -0.05) is 43.6 Å². The first-order chi connectivity index (χ1) is 14.2. The maximum Gasteiger partial charge on any atom is 0.261 e. The Balaban J connectivity index is 1.69. The number of anilines is 2. The van der Waals surface area contributed by atoms with Crippen LogP contribution in [0.5, 0.6) is 0 Å². The summed E-state index contributed by atoms with van der Waals surface area (Å²) < 4.78 is 41.5. The molecule has 1 heterocycles. The number of hydrogen-bond donors (Lipinski definition) is 2. The molecule has 4 rings (SSSR count). The van der Waals surface area contributed by atoms with Gasteiger partial charge in [0.25, 0.3) is 10.0 Å². The summed E-state index contributed by atoms with van der Waals surface area (Å²) in [7, 11) is -3.85. The van der Waals surface area contributed by atoms with E-state index in [9.17, 15) is 12.8 Å². The van der Waals surface area contributed by atoms with Gasteiger partial charge in [-0.2, -0.15) is 0 Å². The highest BCUT2D eigenvalue weighted by atomic mass is 35.5. The number of rotatable bonds is 4. The van der Waals surface area contributed by atoms with Gasteiger partial charge < -0.3 is 5.32 Å². The summed E-state index contributed by atoms with van der Waals surface area (Å²) in [5.74, 6) is -0.484. The van der Waals surface area contributed by atoms with Gasteiger partial charge in [0.1, 0.15) is 5.82 Å². The van der Waals surface area contributed by atoms with Gasteiger partial charge in [-0.05, 0) is 71.5 Å². The van der Waals surface area contributed by atoms with Crippen LogP contribution in [0.4, 0.5) is 15.8 Å². The molecule has 1 atom stereocenters. The van der Waals surface area contributed by atoms with E-state index < -0.39 is 15.8 Å². The van der Waals surface area contributed by atoms with Gasteiger partial charge in [-0.15, -0.1) is 0 Å². The highest BCUT2D eigenvalue weighted by Crippen LogP contribution is 2.46. The number of benzene rings is 3. The molecule has 0 spiro atoms. The van der Waals surface area contributed by atoms with Gasteiger partial charge in [0, 0.05) is 10.7 Å². The minimum atomic E-state index is -3.85. The molecule has 0 aromatic heterocycles. The second-order valence-corrected chi connectivity index (χ2v) is 10.2. The molecule has 0 fully saturated rings. The van der Waals surface area contributed by atoms with E-state index in [4.69, 9.17) is 11.6 Å². The molecule has 2 N–H and O–H groups in total. The topological polar surface area (TPSA) is 58.2 Å². The van der Waals surface area contributed by atoms with Gasteiger partial charge in [0.15, 0.2) is 0 Å². The van der Waals surface area contributed by atoms with Crippen molar-refractivity contribution in [3.8, 4) is 0 Å². The van der Waals surface area contributed by atoms with Crippen molar-refractivity contribution < 1.29 is 12.8 Å². The number of sulfonamides is 1. The van der Waals surface area contributed by atoms with Gasteiger partial charge >= 0.3 is 0 Å². The minimum Gasteiger partial charge on any atom is -0.378 e. The number of nitrogens with one attached hydrogen (secondary N) is 2. The van der Waals surface area contributed by atoms with Crippen LogP contribution in [-0.2, 0) is 15.4 Å². The Kier molecular flexibility index (Phi) is 5.24. The Hall–Kier alpha value is -2.57. The van der Waals surface area contributed by atoms with Crippen LogP contribution in [-0.4, -0.2) is 8.42 Å². The lowest BCUT2D eigenvalue weighted by atomic mass is 9.74. The van der Waals surface area contributed by atoms with E-state index in [1.54, 1.807) is 12.1 Å². The lowest BCUT2D eigenvalue weighted by Crippen LogP contribution is -2.31. The van der Waals surface area contributed by atoms with E-state index >= 15 is 0 Å². The van der Waals surface area contributed by atoms with Crippen molar-refractivity contribution in [2.75, 3.05) is 10.0 Å². The second-order valence-electron chi connectivity index (χ2n) is 8.12. The summed E-state index contributed by atoms with van der Waals surface area (Å²) in [6.45, 7) is 4.31. The molecule has 0 saturated heterocycles. The zero-order chi connectivity index (χ0) is 21.5. The highest BCUT2D eigenvalue weighted by Gasteiger charge is 2.34. The van der Waals surface area contributed by atoms with Gasteiger partial charge in [-0.3, -0.25) is 4.72 Å². The summed E-state index contributed by atoms with van der Waals surface area (Å²) in [6.07, 6.45) is 0.760. The van der Waals surface area contributed by atoms with Crippen molar-refractivity contribution >= 4 is 33.0 Å². The molecule has 7 heteroatoms. The molecule has 3 aromatic rings. The molecule has 0 amide bonds. The Bertz CT molecular complexity index is 1190. The molecule has 0 radical (unpaired) electrons. The largest absolute Gasteiger partial charge is 0.378 e.